The lowest BCUT2D eigenvalue weighted by atomic mass is 10.2. The molecular formula is C22H17Br2ClN2O3. The summed E-state index contributed by atoms with van der Waals surface area (Å²) in [5.41, 5.74) is 4.28. The molecule has 5 nitrogen and oxygen atoms in total. The number of nitrogens with one attached hydrogen (secondary N) is 1. The minimum absolute atomic E-state index is 0.154. The fraction of sp³-hybridized carbons (Fsp3) is 0.0909. The van der Waals surface area contributed by atoms with Crippen molar-refractivity contribution in [2.45, 2.75) is 6.61 Å². The third-order valence-corrected chi connectivity index (χ3v) is 5.26. The van der Waals surface area contributed by atoms with Gasteiger partial charge in [0, 0.05) is 5.02 Å². The molecule has 0 aromatic heterocycles. The molecule has 8 heteroatoms. The Kier molecular flexibility index (Phi) is 8.30. The van der Waals surface area contributed by atoms with Crippen molar-refractivity contribution in [2.75, 3.05) is 6.61 Å². The number of amides is 1. The van der Waals surface area contributed by atoms with Gasteiger partial charge in [0.15, 0.2) is 6.61 Å². The van der Waals surface area contributed by atoms with Gasteiger partial charge in [0.1, 0.15) is 18.1 Å². The van der Waals surface area contributed by atoms with Gasteiger partial charge in [0.2, 0.25) is 0 Å². The largest absolute Gasteiger partial charge is 0.487 e. The monoisotopic (exact) mass is 550 g/mol. The molecule has 0 bridgehead atoms. The van der Waals surface area contributed by atoms with E-state index in [1.54, 1.807) is 24.3 Å². The van der Waals surface area contributed by atoms with Gasteiger partial charge in [-0.1, -0.05) is 41.9 Å². The van der Waals surface area contributed by atoms with E-state index < -0.39 is 0 Å². The number of carbonyl (C=O) groups excluding carboxylic acids is 1. The number of ether oxygens (including phenoxy) is 2. The normalized spacial score (nSPS) is 10.8. The first-order valence-electron chi connectivity index (χ1n) is 8.87. The maximum atomic E-state index is 11.9. The van der Waals surface area contributed by atoms with Gasteiger partial charge in [0.05, 0.1) is 15.2 Å². The summed E-state index contributed by atoms with van der Waals surface area (Å²) >= 11 is 12.8. The minimum Gasteiger partial charge on any atom is -0.487 e. The molecule has 0 unspecified atom stereocenters. The van der Waals surface area contributed by atoms with Crippen LogP contribution in [0.25, 0.3) is 0 Å². The Balaban J connectivity index is 1.52. The number of rotatable bonds is 8. The van der Waals surface area contributed by atoms with Gasteiger partial charge in [-0.25, -0.2) is 5.43 Å². The van der Waals surface area contributed by atoms with Crippen molar-refractivity contribution in [3.63, 3.8) is 0 Å². The summed E-state index contributed by atoms with van der Waals surface area (Å²) < 4.78 is 12.8. The molecule has 3 aromatic rings. The molecule has 30 heavy (non-hydrogen) atoms. The van der Waals surface area contributed by atoms with Crippen molar-refractivity contribution < 1.29 is 14.3 Å². The van der Waals surface area contributed by atoms with E-state index in [0.717, 1.165) is 20.1 Å². The first-order chi connectivity index (χ1) is 14.5. The summed E-state index contributed by atoms with van der Waals surface area (Å²) in [6, 6.07) is 20.4. The maximum Gasteiger partial charge on any atom is 0.277 e. The Morgan fingerprint density at radius 1 is 1.00 bits per heavy atom. The molecule has 0 saturated heterocycles. The second-order valence-electron chi connectivity index (χ2n) is 6.12. The number of carbonyl (C=O) groups is 1. The van der Waals surface area contributed by atoms with Gasteiger partial charge >= 0.3 is 0 Å². The Labute approximate surface area is 196 Å². The van der Waals surface area contributed by atoms with Crippen molar-refractivity contribution >= 4 is 55.6 Å². The van der Waals surface area contributed by atoms with E-state index in [9.17, 15) is 4.79 Å². The molecule has 3 aromatic carbocycles. The fourth-order valence-electron chi connectivity index (χ4n) is 2.41. The molecule has 0 aliphatic carbocycles. The van der Waals surface area contributed by atoms with Crippen LogP contribution in [0.4, 0.5) is 0 Å². The highest BCUT2D eigenvalue weighted by atomic mass is 79.9. The summed E-state index contributed by atoms with van der Waals surface area (Å²) in [5, 5.41) is 4.57. The van der Waals surface area contributed by atoms with E-state index in [1.807, 2.05) is 42.5 Å². The lowest BCUT2D eigenvalue weighted by Gasteiger charge is -2.11. The topological polar surface area (TPSA) is 59.9 Å². The van der Waals surface area contributed by atoms with Gasteiger partial charge in [-0.2, -0.15) is 5.10 Å². The van der Waals surface area contributed by atoms with Gasteiger partial charge < -0.3 is 9.47 Å². The molecule has 154 valence electrons. The molecule has 0 heterocycles. The number of hydrazone groups is 1. The number of halogens is 3. The summed E-state index contributed by atoms with van der Waals surface area (Å²) in [4.78, 5) is 11.9. The van der Waals surface area contributed by atoms with Crippen LogP contribution in [0.1, 0.15) is 11.1 Å². The van der Waals surface area contributed by atoms with Gasteiger partial charge in [-0.3, -0.25) is 4.79 Å². The van der Waals surface area contributed by atoms with Crippen LogP contribution in [0.2, 0.25) is 5.02 Å². The van der Waals surface area contributed by atoms with E-state index in [4.69, 9.17) is 21.1 Å². The Bertz CT molecular complexity index is 1010. The highest BCUT2D eigenvalue weighted by molar-refractivity contribution is 9.11. The third-order valence-electron chi connectivity index (χ3n) is 3.83. The van der Waals surface area contributed by atoms with Crippen LogP contribution in [0.5, 0.6) is 11.5 Å². The average Bonchev–Trinajstić information content (AvgIpc) is 2.73. The maximum absolute atomic E-state index is 11.9. The van der Waals surface area contributed by atoms with Crippen molar-refractivity contribution in [1.29, 1.82) is 0 Å². The molecule has 3 rings (SSSR count). The summed E-state index contributed by atoms with van der Waals surface area (Å²) in [6.45, 7) is 0.299. The first kappa shape index (κ1) is 22.3. The van der Waals surface area contributed by atoms with Crippen molar-refractivity contribution in [3.8, 4) is 11.5 Å². The Morgan fingerprint density at radius 3 is 2.33 bits per heavy atom. The predicted molar refractivity (Wildman–Crippen MR) is 125 cm³/mol. The van der Waals surface area contributed by atoms with Crippen LogP contribution in [0, 0.1) is 0 Å². The minimum atomic E-state index is -0.373. The zero-order valence-electron chi connectivity index (χ0n) is 15.6. The lowest BCUT2D eigenvalue weighted by molar-refractivity contribution is -0.123. The second-order valence-corrected chi connectivity index (χ2v) is 8.27. The van der Waals surface area contributed by atoms with E-state index in [-0.39, 0.29) is 12.5 Å². The van der Waals surface area contributed by atoms with Gasteiger partial charge in [0.25, 0.3) is 5.91 Å². The molecule has 0 saturated carbocycles. The smallest absolute Gasteiger partial charge is 0.277 e. The van der Waals surface area contributed by atoms with Crippen LogP contribution in [0.15, 0.2) is 80.8 Å². The third kappa shape index (κ3) is 6.86. The fourth-order valence-corrected chi connectivity index (χ4v) is 3.99. The molecule has 0 aliphatic heterocycles. The van der Waals surface area contributed by atoms with Crippen LogP contribution in [-0.4, -0.2) is 18.7 Å². The SMILES string of the molecule is O=C(COc1ccc(Cl)cc1)N/N=C\c1cc(Br)c(OCc2ccccc2)c(Br)c1. The van der Waals surface area contributed by atoms with Crippen LogP contribution in [0.3, 0.4) is 0 Å². The van der Waals surface area contributed by atoms with Gasteiger partial charge in [-0.15, -0.1) is 0 Å². The number of nitrogens with zero attached hydrogens (tertiary/aromatic N) is 1. The molecule has 1 N–H and O–H groups in total. The van der Waals surface area contributed by atoms with Crippen molar-refractivity contribution in [2.24, 2.45) is 5.10 Å². The second kappa shape index (κ2) is 11.2. The standard InChI is InChI=1S/C22H17Br2ClN2O3/c23-19-10-16(11-20(24)22(19)30-13-15-4-2-1-3-5-15)12-26-27-21(28)14-29-18-8-6-17(25)7-9-18/h1-12H,13-14H2,(H,27,28)/b26-12-. The Hall–Kier alpha value is -2.35. The molecular weight excluding hydrogens is 536 g/mol. The zero-order valence-corrected chi connectivity index (χ0v) is 19.6. The van der Waals surface area contributed by atoms with Crippen molar-refractivity contribution in [1.82, 2.24) is 5.43 Å². The molecule has 0 radical (unpaired) electrons. The number of hydrogen-bond donors (Lipinski definition) is 1. The summed E-state index contributed by atoms with van der Waals surface area (Å²) in [7, 11) is 0. The quantitative estimate of drug-likeness (QED) is 0.277. The lowest BCUT2D eigenvalue weighted by Crippen LogP contribution is -2.24. The Morgan fingerprint density at radius 2 is 1.67 bits per heavy atom. The van der Waals surface area contributed by atoms with E-state index in [2.05, 4.69) is 42.4 Å². The van der Waals surface area contributed by atoms with E-state index in [0.29, 0.717) is 23.1 Å². The van der Waals surface area contributed by atoms with Crippen LogP contribution < -0.4 is 14.9 Å². The van der Waals surface area contributed by atoms with Crippen molar-refractivity contribution in [3.05, 3.63) is 91.8 Å². The average molecular weight is 553 g/mol. The van der Waals surface area contributed by atoms with Crippen LogP contribution in [-0.2, 0) is 11.4 Å². The predicted octanol–water partition coefficient (Wildman–Crippen LogP) is 5.97. The zero-order chi connectivity index (χ0) is 21.3. The molecule has 1 amide bonds. The molecule has 0 fully saturated rings. The molecule has 0 atom stereocenters. The number of hydrogen-bond acceptors (Lipinski definition) is 4. The van der Waals surface area contributed by atoms with E-state index in [1.165, 1.54) is 6.21 Å². The molecule has 0 spiro atoms. The first-order valence-corrected chi connectivity index (χ1v) is 10.8. The highest BCUT2D eigenvalue weighted by Gasteiger charge is 2.09. The summed E-state index contributed by atoms with van der Waals surface area (Å²) in [6.07, 6.45) is 1.54. The number of benzene rings is 3. The van der Waals surface area contributed by atoms with Gasteiger partial charge in [-0.05, 0) is 79.4 Å². The summed E-state index contributed by atoms with van der Waals surface area (Å²) in [5.74, 6) is 0.871. The van der Waals surface area contributed by atoms with E-state index >= 15 is 0 Å². The molecule has 0 aliphatic rings. The highest BCUT2D eigenvalue weighted by Crippen LogP contribution is 2.35. The van der Waals surface area contributed by atoms with Crippen LogP contribution >= 0.6 is 43.5 Å².